The molecule has 0 amide bonds. The summed E-state index contributed by atoms with van der Waals surface area (Å²) in [6.07, 6.45) is 2.15. The Bertz CT molecular complexity index is 123. The summed E-state index contributed by atoms with van der Waals surface area (Å²) in [7, 11) is 0. The Morgan fingerprint density at radius 3 is 2.17 bits per heavy atom. The van der Waals surface area contributed by atoms with Crippen molar-refractivity contribution >= 4 is 0 Å². The second kappa shape index (κ2) is 4.83. The zero-order chi connectivity index (χ0) is 9.78. The average molecular weight is 173 g/mol. The molecule has 2 N–H and O–H groups in total. The van der Waals surface area contributed by atoms with Crippen molar-refractivity contribution in [1.82, 2.24) is 0 Å². The largest absolute Gasteiger partial charge is 0.371 e. The summed E-state index contributed by atoms with van der Waals surface area (Å²) in [5.74, 6) is 0. The van der Waals surface area contributed by atoms with Gasteiger partial charge in [-0.1, -0.05) is 13.8 Å². The first-order valence-corrected chi connectivity index (χ1v) is 4.86. The molecule has 0 aromatic carbocycles. The molecule has 0 fully saturated rings. The zero-order valence-corrected chi connectivity index (χ0v) is 9.05. The Morgan fingerprint density at radius 1 is 1.33 bits per heavy atom. The van der Waals surface area contributed by atoms with Gasteiger partial charge in [-0.15, -0.1) is 0 Å². The minimum atomic E-state index is -0.0355. The molecule has 0 aromatic heterocycles. The van der Waals surface area contributed by atoms with E-state index in [2.05, 4.69) is 27.7 Å². The summed E-state index contributed by atoms with van der Waals surface area (Å²) < 4.78 is 5.81. The average Bonchev–Trinajstić information content (AvgIpc) is 2.02. The highest BCUT2D eigenvalue weighted by Crippen LogP contribution is 2.17. The molecule has 0 radical (unpaired) electrons. The molecule has 0 rings (SSSR count). The van der Waals surface area contributed by atoms with Crippen molar-refractivity contribution in [3.8, 4) is 0 Å². The van der Waals surface area contributed by atoms with Crippen molar-refractivity contribution < 1.29 is 4.74 Å². The lowest BCUT2D eigenvalue weighted by Crippen LogP contribution is -2.39. The van der Waals surface area contributed by atoms with Crippen LogP contribution >= 0.6 is 0 Å². The van der Waals surface area contributed by atoms with E-state index in [9.17, 15) is 0 Å². The fourth-order valence-corrected chi connectivity index (χ4v) is 1.01. The quantitative estimate of drug-likeness (QED) is 0.692. The number of rotatable bonds is 5. The summed E-state index contributed by atoms with van der Waals surface area (Å²) in [5, 5.41) is 0. The molecule has 0 bridgehead atoms. The minimum absolute atomic E-state index is 0.0355. The predicted molar refractivity (Wildman–Crippen MR) is 53.2 cm³/mol. The van der Waals surface area contributed by atoms with Crippen LogP contribution in [0.1, 0.15) is 47.5 Å². The van der Waals surface area contributed by atoms with Crippen LogP contribution in [0.3, 0.4) is 0 Å². The van der Waals surface area contributed by atoms with E-state index in [1.807, 2.05) is 6.92 Å². The van der Waals surface area contributed by atoms with Crippen LogP contribution in [-0.4, -0.2) is 17.7 Å². The van der Waals surface area contributed by atoms with Gasteiger partial charge in [0.2, 0.25) is 0 Å². The Kier molecular flexibility index (Phi) is 4.80. The van der Waals surface area contributed by atoms with Crippen molar-refractivity contribution in [2.24, 2.45) is 5.73 Å². The molecule has 0 aliphatic heterocycles. The van der Waals surface area contributed by atoms with Crippen molar-refractivity contribution in [2.45, 2.75) is 65.2 Å². The SMILES string of the molecule is CCC(N)C(C)OC(C)(C)CC. The van der Waals surface area contributed by atoms with E-state index in [1.54, 1.807) is 0 Å². The Morgan fingerprint density at radius 2 is 1.83 bits per heavy atom. The van der Waals surface area contributed by atoms with E-state index in [4.69, 9.17) is 10.5 Å². The van der Waals surface area contributed by atoms with Gasteiger partial charge in [0.05, 0.1) is 11.7 Å². The molecule has 0 aliphatic carbocycles. The molecule has 12 heavy (non-hydrogen) atoms. The predicted octanol–water partition coefficient (Wildman–Crippen LogP) is 2.32. The third-order valence-corrected chi connectivity index (χ3v) is 2.43. The summed E-state index contributed by atoms with van der Waals surface area (Å²) in [6.45, 7) is 10.5. The Hall–Kier alpha value is -0.0800. The first-order chi connectivity index (χ1) is 5.43. The van der Waals surface area contributed by atoms with Crippen molar-refractivity contribution in [3.05, 3.63) is 0 Å². The van der Waals surface area contributed by atoms with Gasteiger partial charge in [0, 0.05) is 6.04 Å². The van der Waals surface area contributed by atoms with E-state index in [0.717, 1.165) is 12.8 Å². The third kappa shape index (κ3) is 4.07. The molecule has 0 aromatic rings. The second-order valence-corrected chi connectivity index (χ2v) is 4.01. The molecule has 0 spiro atoms. The van der Waals surface area contributed by atoms with Gasteiger partial charge in [0.15, 0.2) is 0 Å². The van der Waals surface area contributed by atoms with Crippen molar-refractivity contribution in [3.63, 3.8) is 0 Å². The zero-order valence-electron chi connectivity index (χ0n) is 9.05. The lowest BCUT2D eigenvalue weighted by atomic mass is 10.0. The van der Waals surface area contributed by atoms with Crippen LogP contribution in [0.25, 0.3) is 0 Å². The molecule has 0 saturated heterocycles. The standard InChI is InChI=1S/C10H23NO/c1-6-9(11)8(3)12-10(4,5)7-2/h8-9H,6-7,11H2,1-5H3. The molecule has 0 heterocycles. The second-order valence-electron chi connectivity index (χ2n) is 4.01. The van der Waals surface area contributed by atoms with Gasteiger partial charge in [-0.3, -0.25) is 0 Å². The van der Waals surface area contributed by atoms with Crippen molar-refractivity contribution in [1.29, 1.82) is 0 Å². The lowest BCUT2D eigenvalue weighted by Gasteiger charge is -2.30. The summed E-state index contributed by atoms with van der Waals surface area (Å²) in [6, 6.07) is 0.163. The molecule has 0 aliphatic rings. The Labute approximate surface area is 76.5 Å². The summed E-state index contributed by atoms with van der Waals surface area (Å²) in [5.41, 5.74) is 5.82. The number of hydrogen-bond donors (Lipinski definition) is 1. The van der Waals surface area contributed by atoms with Gasteiger partial charge >= 0.3 is 0 Å². The van der Waals surface area contributed by atoms with Gasteiger partial charge in [0.1, 0.15) is 0 Å². The fourth-order valence-electron chi connectivity index (χ4n) is 1.01. The van der Waals surface area contributed by atoms with Gasteiger partial charge in [-0.2, -0.15) is 0 Å². The first-order valence-electron chi connectivity index (χ1n) is 4.86. The third-order valence-electron chi connectivity index (χ3n) is 2.43. The van der Waals surface area contributed by atoms with Gasteiger partial charge < -0.3 is 10.5 Å². The van der Waals surface area contributed by atoms with E-state index in [0.29, 0.717) is 0 Å². The Balaban J connectivity index is 3.90. The van der Waals surface area contributed by atoms with Crippen LogP contribution in [0, 0.1) is 0 Å². The van der Waals surface area contributed by atoms with E-state index < -0.39 is 0 Å². The molecular formula is C10H23NO. The maximum Gasteiger partial charge on any atom is 0.0704 e. The molecule has 2 nitrogen and oxygen atoms in total. The molecule has 74 valence electrons. The molecule has 2 atom stereocenters. The van der Waals surface area contributed by atoms with E-state index >= 15 is 0 Å². The summed E-state index contributed by atoms with van der Waals surface area (Å²) >= 11 is 0. The maximum absolute atomic E-state index is 5.85. The van der Waals surface area contributed by atoms with Crippen LogP contribution in [-0.2, 0) is 4.74 Å². The molecule has 2 unspecified atom stereocenters. The topological polar surface area (TPSA) is 35.2 Å². The van der Waals surface area contributed by atoms with Crippen LogP contribution in [0.15, 0.2) is 0 Å². The first kappa shape index (κ1) is 11.9. The lowest BCUT2D eigenvalue weighted by molar-refractivity contribution is -0.0749. The van der Waals surface area contributed by atoms with E-state index in [1.165, 1.54) is 0 Å². The van der Waals surface area contributed by atoms with Gasteiger partial charge in [0.25, 0.3) is 0 Å². The maximum atomic E-state index is 5.85. The van der Waals surface area contributed by atoms with Crippen LogP contribution in [0.4, 0.5) is 0 Å². The van der Waals surface area contributed by atoms with Crippen LogP contribution in [0.2, 0.25) is 0 Å². The van der Waals surface area contributed by atoms with Gasteiger partial charge in [-0.05, 0) is 33.6 Å². The number of hydrogen-bond acceptors (Lipinski definition) is 2. The smallest absolute Gasteiger partial charge is 0.0704 e. The molecule has 0 saturated carbocycles. The minimum Gasteiger partial charge on any atom is -0.371 e. The highest BCUT2D eigenvalue weighted by atomic mass is 16.5. The van der Waals surface area contributed by atoms with Gasteiger partial charge in [-0.25, -0.2) is 0 Å². The summed E-state index contributed by atoms with van der Waals surface area (Å²) in [4.78, 5) is 0. The number of nitrogens with two attached hydrogens (primary N) is 1. The number of ether oxygens (including phenoxy) is 1. The van der Waals surface area contributed by atoms with Crippen LogP contribution < -0.4 is 5.73 Å². The molecular weight excluding hydrogens is 150 g/mol. The molecule has 2 heteroatoms. The van der Waals surface area contributed by atoms with Crippen molar-refractivity contribution in [2.75, 3.05) is 0 Å². The fraction of sp³-hybridized carbons (Fsp3) is 1.00. The highest BCUT2D eigenvalue weighted by Gasteiger charge is 2.21. The van der Waals surface area contributed by atoms with E-state index in [-0.39, 0.29) is 17.7 Å². The highest BCUT2D eigenvalue weighted by molar-refractivity contribution is 4.73. The monoisotopic (exact) mass is 173 g/mol. The normalized spacial score (nSPS) is 17.5. The van der Waals surface area contributed by atoms with Crippen LogP contribution in [0.5, 0.6) is 0 Å².